The molecule has 1 aromatic rings. The molecule has 1 unspecified atom stereocenters. The van der Waals surface area contributed by atoms with Gasteiger partial charge in [0.1, 0.15) is 18.5 Å². The van der Waals surface area contributed by atoms with Crippen molar-refractivity contribution in [3.63, 3.8) is 0 Å². The van der Waals surface area contributed by atoms with Crippen LogP contribution in [0.1, 0.15) is 18.1 Å². The van der Waals surface area contributed by atoms with Gasteiger partial charge in [0.25, 0.3) is 0 Å². The summed E-state index contributed by atoms with van der Waals surface area (Å²) in [5.41, 5.74) is 1.38. The minimum absolute atomic E-state index is 0.281. The van der Waals surface area contributed by atoms with Gasteiger partial charge in [0.2, 0.25) is 0 Å². The molecule has 2 rings (SSSR count). The Morgan fingerprint density at radius 2 is 2.24 bits per heavy atom. The number of carbonyl (C=O) groups is 1. The molecule has 3 heteroatoms. The number of hydrogen-bond donors (Lipinski definition) is 0. The lowest BCUT2D eigenvalue weighted by atomic mass is 10.0. The molecule has 88 valence electrons. The Hall–Kier alpha value is -2.03. The van der Waals surface area contributed by atoms with Gasteiger partial charge in [0.05, 0.1) is 0 Å². The van der Waals surface area contributed by atoms with Gasteiger partial charge in [0.15, 0.2) is 0 Å². The first-order chi connectivity index (χ1) is 8.22. The Morgan fingerprint density at radius 3 is 2.88 bits per heavy atom. The van der Waals surface area contributed by atoms with Crippen LogP contribution in [0.3, 0.4) is 0 Å². The van der Waals surface area contributed by atoms with Crippen molar-refractivity contribution in [2.45, 2.75) is 12.5 Å². The second kappa shape index (κ2) is 4.87. The molecule has 0 amide bonds. The highest BCUT2D eigenvalue weighted by atomic mass is 16.6. The Kier molecular flexibility index (Phi) is 3.28. The van der Waals surface area contributed by atoms with Crippen LogP contribution >= 0.6 is 0 Å². The number of benzene rings is 1. The van der Waals surface area contributed by atoms with Gasteiger partial charge < -0.3 is 9.47 Å². The van der Waals surface area contributed by atoms with Crippen LogP contribution in [0.2, 0.25) is 0 Å². The van der Waals surface area contributed by atoms with E-state index in [0.29, 0.717) is 18.6 Å². The highest BCUT2D eigenvalue weighted by molar-refractivity contribution is 5.90. The molecule has 0 spiro atoms. The summed E-state index contributed by atoms with van der Waals surface area (Å²) >= 11 is 0. The van der Waals surface area contributed by atoms with E-state index in [4.69, 9.17) is 9.47 Å². The molecule has 3 nitrogen and oxygen atoms in total. The van der Waals surface area contributed by atoms with Gasteiger partial charge in [-0.1, -0.05) is 37.4 Å². The number of hydrogen-bond acceptors (Lipinski definition) is 3. The van der Waals surface area contributed by atoms with Gasteiger partial charge in [0, 0.05) is 17.6 Å². The van der Waals surface area contributed by atoms with E-state index < -0.39 is 0 Å². The average Bonchev–Trinajstić information content (AvgIpc) is 2.67. The van der Waals surface area contributed by atoms with Gasteiger partial charge in [-0.2, -0.15) is 0 Å². The van der Waals surface area contributed by atoms with E-state index in [1.165, 1.54) is 0 Å². The zero-order valence-corrected chi connectivity index (χ0v) is 9.52. The standard InChI is InChI=1S/C14H14O3/c1-3-8-16-12-7-5-4-6-11(12)13-9-10(2)14(15)17-13/h3-7,13H,1-2,8-9H2. The minimum Gasteiger partial charge on any atom is -0.489 e. The molecular formula is C14H14O3. The van der Waals surface area contributed by atoms with Crippen LogP contribution in [0.5, 0.6) is 5.75 Å². The van der Waals surface area contributed by atoms with Gasteiger partial charge in [-0.15, -0.1) is 0 Å². The van der Waals surface area contributed by atoms with Gasteiger partial charge in [-0.25, -0.2) is 4.79 Å². The average molecular weight is 230 g/mol. The zero-order chi connectivity index (χ0) is 12.3. The zero-order valence-electron chi connectivity index (χ0n) is 9.52. The SMILES string of the molecule is C=CCOc1ccccc1C1CC(=C)C(=O)O1. The third kappa shape index (κ3) is 2.38. The van der Waals surface area contributed by atoms with Gasteiger partial charge in [-0.3, -0.25) is 0 Å². The van der Waals surface area contributed by atoms with Crippen molar-refractivity contribution in [1.82, 2.24) is 0 Å². The predicted molar refractivity (Wildman–Crippen MR) is 64.7 cm³/mol. The molecule has 0 saturated carbocycles. The molecule has 0 aliphatic carbocycles. The summed E-state index contributed by atoms with van der Waals surface area (Å²) in [6.45, 7) is 7.70. The second-order valence-electron chi connectivity index (χ2n) is 3.84. The van der Waals surface area contributed by atoms with Crippen molar-refractivity contribution < 1.29 is 14.3 Å². The summed E-state index contributed by atoms with van der Waals surface area (Å²) in [6.07, 6.45) is 1.92. The lowest BCUT2D eigenvalue weighted by Gasteiger charge is -2.14. The lowest BCUT2D eigenvalue weighted by Crippen LogP contribution is -2.03. The summed E-state index contributed by atoms with van der Waals surface area (Å²) in [6, 6.07) is 7.53. The number of rotatable bonds is 4. The maximum absolute atomic E-state index is 11.3. The number of carbonyl (C=O) groups excluding carboxylic acids is 1. The molecule has 1 saturated heterocycles. The Morgan fingerprint density at radius 1 is 1.47 bits per heavy atom. The predicted octanol–water partition coefficient (Wildman–Crippen LogP) is 2.80. The van der Waals surface area contributed by atoms with Crippen molar-refractivity contribution in [2.24, 2.45) is 0 Å². The van der Waals surface area contributed by atoms with Crippen LogP contribution in [0.4, 0.5) is 0 Å². The third-order valence-electron chi connectivity index (χ3n) is 2.59. The van der Waals surface area contributed by atoms with Crippen LogP contribution in [0, 0.1) is 0 Å². The fourth-order valence-electron chi connectivity index (χ4n) is 1.76. The molecule has 0 aromatic heterocycles. The molecule has 0 bridgehead atoms. The summed E-state index contributed by atoms with van der Waals surface area (Å²) in [5, 5.41) is 0. The molecule has 1 fully saturated rings. The maximum Gasteiger partial charge on any atom is 0.334 e. The van der Waals surface area contributed by atoms with E-state index in [9.17, 15) is 4.79 Å². The molecule has 0 radical (unpaired) electrons. The summed E-state index contributed by atoms with van der Waals surface area (Å²) in [4.78, 5) is 11.3. The molecule has 1 aliphatic heterocycles. The number of para-hydroxylation sites is 1. The Bertz CT molecular complexity index is 446. The second-order valence-corrected chi connectivity index (χ2v) is 3.84. The first-order valence-electron chi connectivity index (χ1n) is 5.43. The summed E-state index contributed by atoms with van der Waals surface area (Å²) < 4.78 is 10.8. The number of esters is 1. The largest absolute Gasteiger partial charge is 0.489 e. The molecular weight excluding hydrogens is 216 g/mol. The van der Waals surface area contributed by atoms with E-state index in [-0.39, 0.29) is 12.1 Å². The normalized spacial score (nSPS) is 18.9. The van der Waals surface area contributed by atoms with E-state index in [1.54, 1.807) is 6.08 Å². The fraction of sp³-hybridized carbons (Fsp3) is 0.214. The van der Waals surface area contributed by atoms with Crippen molar-refractivity contribution in [3.8, 4) is 5.75 Å². The van der Waals surface area contributed by atoms with Crippen LogP contribution < -0.4 is 4.74 Å². The van der Waals surface area contributed by atoms with Crippen LogP contribution in [-0.4, -0.2) is 12.6 Å². The first kappa shape index (κ1) is 11.5. The van der Waals surface area contributed by atoms with Crippen molar-refractivity contribution in [1.29, 1.82) is 0 Å². The number of cyclic esters (lactones) is 1. The third-order valence-corrected chi connectivity index (χ3v) is 2.59. The smallest absolute Gasteiger partial charge is 0.334 e. The van der Waals surface area contributed by atoms with Gasteiger partial charge >= 0.3 is 5.97 Å². The molecule has 1 atom stereocenters. The van der Waals surface area contributed by atoms with E-state index in [2.05, 4.69) is 13.2 Å². The summed E-state index contributed by atoms with van der Waals surface area (Å²) in [7, 11) is 0. The van der Waals surface area contributed by atoms with Crippen LogP contribution in [0.25, 0.3) is 0 Å². The van der Waals surface area contributed by atoms with E-state index >= 15 is 0 Å². The molecule has 1 aromatic carbocycles. The van der Waals surface area contributed by atoms with Crippen molar-refractivity contribution >= 4 is 5.97 Å². The fourth-order valence-corrected chi connectivity index (χ4v) is 1.76. The molecule has 17 heavy (non-hydrogen) atoms. The highest BCUT2D eigenvalue weighted by Crippen LogP contribution is 2.36. The topological polar surface area (TPSA) is 35.5 Å². The Labute approximate surface area is 100 Å². The monoisotopic (exact) mass is 230 g/mol. The summed E-state index contributed by atoms with van der Waals surface area (Å²) in [5.74, 6) is 0.397. The maximum atomic E-state index is 11.3. The highest BCUT2D eigenvalue weighted by Gasteiger charge is 2.30. The number of ether oxygens (including phenoxy) is 2. The quantitative estimate of drug-likeness (QED) is 0.453. The van der Waals surface area contributed by atoms with E-state index in [1.807, 2.05) is 24.3 Å². The molecule has 1 aliphatic rings. The van der Waals surface area contributed by atoms with Crippen LogP contribution in [-0.2, 0) is 9.53 Å². The lowest BCUT2D eigenvalue weighted by molar-refractivity contribution is -0.139. The van der Waals surface area contributed by atoms with E-state index in [0.717, 1.165) is 11.3 Å². The molecule has 1 heterocycles. The van der Waals surface area contributed by atoms with Crippen molar-refractivity contribution in [3.05, 3.63) is 54.6 Å². The first-order valence-corrected chi connectivity index (χ1v) is 5.43. The minimum atomic E-state index is -0.325. The van der Waals surface area contributed by atoms with Crippen LogP contribution in [0.15, 0.2) is 49.1 Å². The van der Waals surface area contributed by atoms with Gasteiger partial charge in [-0.05, 0) is 6.07 Å². The van der Waals surface area contributed by atoms with Crippen molar-refractivity contribution in [2.75, 3.05) is 6.61 Å². The Balaban J connectivity index is 2.23. The molecule has 0 N–H and O–H groups in total.